The molecule has 3 rings (SSSR count). The number of carbonyl (C=O) groups excluding carboxylic acids is 2. The monoisotopic (exact) mass is 428 g/mol. The molecule has 29 heavy (non-hydrogen) atoms. The van der Waals surface area contributed by atoms with E-state index in [1.165, 1.54) is 11.3 Å². The van der Waals surface area contributed by atoms with Gasteiger partial charge in [0.25, 0.3) is 5.91 Å². The molecule has 1 aromatic heterocycles. The Kier molecular flexibility index (Phi) is 6.61. The number of amides is 2. The molecule has 0 spiro atoms. The van der Waals surface area contributed by atoms with Crippen molar-refractivity contribution in [3.05, 3.63) is 64.7 Å². The SMILES string of the molecule is Cc1ccc(-c2nnc(NC(=O)C(NC(=O)c3cccc(Cl)c3)C(C)C)s2)cc1. The molecular formula is C21H21ClN4O2S. The molecular weight excluding hydrogens is 408 g/mol. The highest BCUT2D eigenvalue weighted by molar-refractivity contribution is 7.18. The van der Waals surface area contributed by atoms with Crippen LogP contribution in [-0.4, -0.2) is 28.1 Å². The van der Waals surface area contributed by atoms with E-state index < -0.39 is 6.04 Å². The summed E-state index contributed by atoms with van der Waals surface area (Å²) in [6.07, 6.45) is 0. The summed E-state index contributed by atoms with van der Waals surface area (Å²) in [7, 11) is 0. The van der Waals surface area contributed by atoms with Gasteiger partial charge in [0.2, 0.25) is 11.0 Å². The molecule has 2 N–H and O–H groups in total. The van der Waals surface area contributed by atoms with Gasteiger partial charge in [0.15, 0.2) is 0 Å². The number of carbonyl (C=O) groups is 2. The minimum absolute atomic E-state index is 0.123. The molecule has 8 heteroatoms. The van der Waals surface area contributed by atoms with Gasteiger partial charge in [-0.05, 0) is 31.0 Å². The zero-order chi connectivity index (χ0) is 21.0. The van der Waals surface area contributed by atoms with Crippen molar-refractivity contribution in [2.45, 2.75) is 26.8 Å². The third-order valence-electron chi connectivity index (χ3n) is 4.28. The molecule has 3 aromatic rings. The van der Waals surface area contributed by atoms with E-state index in [2.05, 4.69) is 20.8 Å². The van der Waals surface area contributed by atoms with Crippen molar-refractivity contribution in [3.8, 4) is 10.6 Å². The molecule has 150 valence electrons. The number of nitrogens with zero attached hydrogens (tertiary/aromatic N) is 2. The van der Waals surface area contributed by atoms with E-state index in [1.807, 2.05) is 45.0 Å². The molecule has 0 aliphatic rings. The first-order chi connectivity index (χ1) is 13.8. The molecule has 0 aliphatic carbocycles. The third kappa shape index (κ3) is 5.40. The predicted molar refractivity (Wildman–Crippen MR) is 116 cm³/mol. The number of hydrogen-bond acceptors (Lipinski definition) is 5. The van der Waals surface area contributed by atoms with E-state index in [1.54, 1.807) is 24.3 Å². The first kappa shape index (κ1) is 21.0. The van der Waals surface area contributed by atoms with Gasteiger partial charge in [-0.1, -0.05) is 72.7 Å². The van der Waals surface area contributed by atoms with Crippen molar-refractivity contribution in [1.82, 2.24) is 15.5 Å². The van der Waals surface area contributed by atoms with Crippen molar-refractivity contribution < 1.29 is 9.59 Å². The highest BCUT2D eigenvalue weighted by Gasteiger charge is 2.26. The van der Waals surface area contributed by atoms with Crippen LogP contribution in [0.15, 0.2) is 48.5 Å². The fourth-order valence-electron chi connectivity index (χ4n) is 2.66. The second-order valence-electron chi connectivity index (χ2n) is 6.97. The molecule has 1 heterocycles. The van der Waals surface area contributed by atoms with Gasteiger partial charge in [-0.3, -0.25) is 14.9 Å². The van der Waals surface area contributed by atoms with Crippen LogP contribution in [0.1, 0.15) is 29.8 Å². The molecule has 6 nitrogen and oxygen atoms in total. The van der Waals surface area contributed by atoms with Crippen LogP contribution >= 0.6 is 22.9 Å². The van der Waals surface area contributed by atoms with E-state index >= 15 is 0 Å². The summed E-state index contributed by atoms with van der Waals surface area (Å²) in [4.78, 5) is 25.3. The predicted octanol–water partition coefficient (Wildman–Crippen LogP) is 4.56. The first-order valence-electron chi connectivity index (χ1n) is 9.11. The fraction of sp³-hybridized carbons (Fsp3) is 0.238. The Labute approximate surface area is 178 Å². The fourth-order valence-corrected chi connectivity index (χ4v) is 3.60. The Morgan fingerprint density at radius 1 is 1.07 bits per heavy atom. The third-order valence-corrected chi connectivity index (χ3v) is 5.40. The van der Waals surface area contributed by atoms with Gasteiger partial charge in [-0.2, -0.15) is 0 Å². The number of aromatic nitrogens is 2. The lowest BCUT2D eigenvalue weighted by atomic mass is 10.0. The van der Waals surface area contributed by atoms with Crippen molar-refractivity contribution in [2.75, 3.05) is 5.32 Å². The zero-order valence-corrected chi connectivity index (χ0v) is 17.8. The minimum Gasteiger partial charge on any atom is -0.340 e. The van der Waals surface area contributed by atoms with Gasteiger partial charge in [-0.25, -0.2) is 0 Å². The molecule has 0 aliphatic heterocycles. The number of rotatable bonds is 6. The largest absolute Gasteiger partial charge is 0.340 e. The molecule has 1 unspecified atom stereocenters. The van der Waals surface area contributed by atoms with E-state index in [0.717, 1.165) is 11.1 Å². The maximum atomic E-state index is 12.8. The van der Waals surface area contributed by atoms with Gasteiger partial charge < -0.3 is 5.32 Å². The van der Waals surface area contributed by atoms with Gasteiger partial charge in [0, 0.05) is 16.1 Å². The topological polar surface area (TPSA) is 84.0 Å². The Balaban J connectivity index is 1.70. The second kappa shape index (κ2) is 9.15. The summed E-state index contributed by atoms with van der Waals surface area (Å²) in [5.74, 6) is -0.830. The number of benzene rings is 2. The number of hydrogen-bond donors (Lipinski definition) is 2. The Bertz CT molecular complexity index is 1020. The van der Waals surface area contributed by atoms with E-state index in [9.17, 15) is 9.59 Å². The Morgan fingerprint density at radius 2 is 1.79 bits per heavy atom. The lowest BCUT2D eigenvalue weighted by molar-refractivity contribution is -0.118. The minimum atomic E-state index is -0.729. The van der Waals surface area contributed by atoms with Crippen LogP contribution in [-0.2, 0) is 4.79 Å². The lowest BCUT2D eigenvalue weighted by Gasteiger charge is -2.21. The normalized spacial score (nSPS) is 11.9. The first-order valence-corrected chi connectivity index (χ1v) is 10.3. The van der Waals surface area contributed by atoms with Crippen LogP contribution < -0.4 is 10.6 Å². The Hall–Kier alpha value is -2.77. The summed E-state index contributed by atoms with van der Waals surface area (Å²) in [5, 5.41) is 15.3. The molecule has 0 fully saturated rings. The molecule has 0 bridgehead atoms. The van der Waals surface area contributed by atoms with Gasteiger partial charge in [-0.15, -0.1) is 10.2 Å². The summed E-state index contributed by atoms with van der Waals surface area (Å²) < 4.78 is 0. The smallest absolute Gasteiger partial charge is 0.251 e. The van der Waals surface area contributed by atoms with Crippen molar-refractivity contribution >= 4 is 39.9 Å². The molecule has 0 radical (unpaired) electrons. The number of halogens is 1. The zero-order valence-electron chi connectivity index (χ0n) is 16.3. The molecule has 2 aromatic carbocycles. The van der Waals surface area contributed by atoms with Gasteiger partial charge in [0.1, 0.15) is 11.0 Å². The van der Waals surface area contributed by atoms with Gasteiger partial charge >= 0.3 is 0 Å². The van der Waals surface area contributed by atoms with Crippen LogP contribution in [0, 0.1) is 12.8 Å². The van der Waals surface area contributed by atoms with Crippen LogP contribution in [0.3, 0.4) is 0 Å². The van der Waals surface area contributed by atoms with Crippen LogP contribution in [0.5, 0.6) is 0 Å². The maximum Gasteiger partial charge on any atom is 0.251 e. The van der Waals surface area contributed by atoms with Crippen LogP contribution in [0.25, 0.3) is 10.6 Å². The molecule has 1 atom stereocenters. The summed E-state index contributed by atoms with van der Waals surface area (Å²) in [5.41, 5.74) is 2.49. The average Bonchev–Trinajstić information content (AvgIpc) is 3.14. The highest BCUT2D eigenvalue weighted by atomic mass is 35.5. The summed E-state index contributed by atoms with van der Waals surface area (Å²) in [6.45, 7) is 5.74. The van der Waals surface area contributed by atoms with Gasteiger partial charge in [0.05, 0.1) is 0 Å². The number of aryl methyl sites for hydroxylation is 1. The lowest BCUT2D eigenvalue weighted by Crippen LogP contribution is -2.47. The van der Waals surface area contributed by atoms with E-state index in [0.29, 0.717) is 20.7 Å². The van der Waals surface area contributed by atoms with Crippen molar-refractivity contribution in [3.63, 3.8) is 0 Å². The highest BCUT2D eigenvalue weighted by Crippen LogP contribution is 2.26. The van der Waals surface area contributed by atoms with E-state index in [-0.39, 0.29) is 17.7 Å². The quantitative estimate of drug-likeness (QED) is 0.602. The van der Waals surface area contributed by atoms with E-state index in [4.69, 9.17) is 11.6 Å². The average molecular weight is 429 g/mol. The van der Waals surface area contributed by atoms with Crippen LogP contribution in [0.2, 0.25) is 5.02 Å². The second-order valence-corrected chi connectivity index (χ2v) is 8.39. The molecule has 2 amide bonds. The maximum absolute atomic E-state index is 12.8. The molecule has 0 saturated heterocycles. The number of nitrogens with one attached hydrogen (secondary N) is 2. The van der Waals surface area contributed by atoms with Crippen molar-refractivity contribution in [2.24, 2.45) is 5.92 Å². The number of anilines is 1. The Morgan fingerprint density at radius 3 is 2.45 bits per heavy atom. The standard InChI is InChI=1S/C21H21ClN4O2S/c1-12(2)17(23-18(27)15-5-4-6-16(22)11-15)19(28)24-21-26-25-20(29-21)14-9-7-13(3)8-10-14/h4-12,17H,1-3H3,(H,23,27)(H,24,26,28). The summed E-state index contributed by atoms with van der Waals surface area (Å²) >= 11 is 7.23. The van der Waals surface area contributed by atoms with Crippen molar-refractivity contribution in [1.29, 1.82) is 0 Å². The van der Waals surface area contributed by atoms with Crippen LogP contribution in [0.4, 0.5) is 5.13 Å². The summed E-state index contributed by atoms with van der Waals surface area (Å²) in [6, 6.07) is 13.8. The molecule has 0 saturated carbocycles.